The molecule has 0 bridgehead atoms. The standard InChI is InChI=1S/C16H25NO/c1-4-17-10-8-16(18,9-11-17)12-15-13(2)6-5-7-14(15)3/h5-7,18H,4,8-12H2,1-3H3. The molecule has 2 rings (SSSR count). The second-order valence-electron chi connectivity index (χ2n) is 5.71. The van der Waals surface area contributed by atoms with Crippen molar-refractivity contribution in [2.24, 2.45) is 0 Å². The van der Waals surface area contributed by atoms with E-state index >= 15 is 0 Å². The van der Waals surface area contributed by atoms with Crippen molar-refractivity contribution in [3.63, 3.8) is 0 Å². The molecule has 0 atom stereocenters. The summed E-state index contributed by atoms with van der Waals surface area (Å²) < 4.78 is 0. The monoisotopic (exact) mass is 247 g/mol. The van der Waals surface area contributed by atoms with Crippen molar-refractivity contribution in [3.05, 3.63) is 34.9 Å². The van der Waals surface area contributed by atoms with Crippen LogP contribution in [0, 0.1) is 13.8 Å². The molecule has 1 fully saturated rings. The first-order chi connectivity index (χ1) is 8.54. The highest BCUT2D eigenvalue weighted by molar-refractivity contribution is 5.34. The second kappa shape index (κ2) is 5.41. The number of piperidine rings is 1. The topological polar surface area (TPSA) is 23.5 Å². The van der Waals surface area contributed by atoms with Crippen LogP contribution in [0.1, 0.15) is 36.5 Å². The summed E-state index contributed by atoms with van der Waals surface area (Å²) in [7, 11) is 0. The quantitative estimate of drug-likeness (QED) is 0.887. The fourth-order valence-electron chi connectivity index (χ4n) is 2.92. The van der Waals surface area contributed by atoms with Crippen LogP contribution in [-0.2, 0) is 6.42 Å². The minimum atomic E-state index is -0.497. The number of aryl methyl sites for hydroxylation is 2. The van der Waals surface area contributed by atoms with Crippen molar-refractivity contribution in [2.45, 2.75) is 45.6 Å². The van der Waals surface area contributed by atoms with Crippen LogP contribution in [0.2, 0.25) is 0 Å². The molecule has 2 nitrogen and oxygen atoms in total. The zero-order valence-electron chi connectivity index (χ0n) is 11.9. The highest BCUT2D eigenvalue weighted by Crippen LogP contribution is 2.28. The Morgan fingerprint density at radius 1 is 1.17 bits per heavy atom. The average Bonchev–Trinajstić information content (AvgIpc) is 2.35. The number of hydrogen-bond donors (Lipinski definition) is 1. The van der Waals surface area contributed by atoms with E-state index in [1.165, 1.54) is 16.7 Å². The molecule has 2 heteroatoms. The fourth-order valence-corrected chi connectivity index (χ4v) is 2.92. The maximum atomic E-state index is 10.8. The maximum Gasteiger partial charge on any atom is 0.0712 e. The van der Waals surface area contributed by atoms with Gasteiger partial charge in [0.2, 0.25) is 0 Å². The molecule has 100 valence electrons. The molecule has 0 radical (unpaired) electrons. The van der Waals surface area contributed by atoms with Gasteiger partial charge >= 0.3 is 0 Å². The first-order valence-corrected chi connectivity index (χ1v) is 7.04. The molecule has 1 aromatic carbocycles. The van der Waals surface area contributed by atoms with E-state index in [4.69, 9.17) is 0 Å². The number of benzene rings is 1. The Hall–Kier alpha value is -0.860. The normalized spacial score (nSPS) is 20.0. The fraction of sp³-hybridized carbons (Fsp3) is 0.625. The lowest BCUT2D eigenvalue weighted by atomic mass is 9.83. The predicted octanol–water partition coefficient (Wildman–Crippen LogP) is 2.69. The Morgan fingerprint density at radius 2 is 1.72 bits per heavy atom. The van der Waals surface area contributed by atoms with Gasteiger partial charge in [0, 0.05) is 19.5 Å². The molecular weight excluding hydrogens is 222 g/mol. The van der Waals surface area contributed by atoms with Gasteiger partial charge in [0.15, 0.2) is 0 Å². The summed E-state index contributed by atoms with van der Waals surface area (Å²) in [5.41, 5.74) is 3.45. The second-order valence-corrected chi connectivity index (χ2v) is 5.71. The Kier molecular flexibility index (Phi) is 4.08. The molecule has 1 aliphatic rings. The van der Waals surface area contributed by atoms with Gasteiger partial charge in [-0.3, -0.25) is 0 Å². The summed E-state index contributed by atoms with van der Waals surface area (Å²) in [5, 5.41) is 10.8. The minimum Gasteiger partial charge on any atom is -0.389 e. The van der Waals surface area contributed by atoms with Gasteiger partial charge in [-0.05, 0) is 49.9 Å². The van der Waals surface area contributed by atoms with Crippen molar-refractivity contribution in [1.82, 2.24) is 4.90 Å². The van der Waals surface area contributed by atoms with E-state index in [0.717, 1.165) is 38.9 Å². The highest BCUT2D eigenvalue weighted by Gasteiger charge is 2.32. The van der Waals surface area contributed by atoms with Crippen LogP contribution in [0.15, 0.2) is 18.2 Å². The zero-order chi connectivity index (χ0) is 13.2. The number of aliphatic hydroxyl groups is 1. The lowest BCUT2D eigenvalue weighted by molar-refractivity contribution is -0.0196. The van der Waals surface area contributed by atoms with Crippen LogP contribution in [0.3, 0.4) is 0 Å². The number of rotatable bonds is 3. The molecule has 0 spiro atoms. The van der Waals surface area contributed by atoms with E-state index in [-0.39, 0.29) is 0 Å². The lowest BCUT2D eigenvalue weighted by Gasteiger charge is -2.38. The summed E-state index contributed by atoms with van der Waals surface area (Å²) in [4.78, 5) is 2.42. The lowest BCUT2D eigenvalue weighted by Crippen LogP contribution is -2.45. The van der Waals surface area contributed by atoms with Crippen molar-refractivity contribution in [1.29, 1.82) is 0 Å². The van der Waals surface area contributed by atoms with Crippen LogP contribution in [0.4, 0.5) is 0 Å². The summed E-state index contributed by atoms with van der Waals surface area (Å²) in [5.74, 6) is 0. The molecule has 1 N–H and O–H groups in total. The van der Waals surface area contributed by atoms with Gasteiger partial charge in [-0.2, -0.15) is 0 Å². The maximum absolute atomic E-state index is 10.8. The van der Waals surface area contributed by atoms with Gasteiger partial charge in [0.25, 0.3) is 0 Å². The van der Waals surface area contributed by atoms with Crippen LogP contribution < -0.4 is 0 Å². The molecule has 0 saturated carbocycles. The molecule has 0 amide bonds. The van der Waals surface area contributed by atoms with Gasteiger partial charge in [-0.15, -0.1) is 0 Å². The van der Waals surface area contributed by atoms with Crippen molar-refractivity contribution >= 4 is 0 Å². The Morgan fingerprint density at radius 3 is 2.22 bits per heavy atom. The third kappa shape index (κ3) is 2.93. The Balaban J connectivity index is 2.09. The number of likely N-dealkylation sites (tertiary alicyclic amines) is 1. The molecule has 1 aromatic rings. The van der Waals surface area contributed by atoms with Crippen molar-refractivity contribution in [2.75, 3.05) is 19.6 Å². The Labute approximate surface area is 111 Å². The van der Waals surface area contributed by atoms with Crippen molar-refractivity contribution in [3.8, 4) is 0 Å². The van der Waals surface area contributed by atoms with Crippen LogP contribution >= 0.6 is 0 Å². The average molecular weight is 247 g/mol. The summed E-state index contributed by atoms with van der Waals surface area (Å²) >= 11 is 0. The van der Waals surface area contributed by atoms with Gasteiger partial charge in [-0.1, -0.05) is 25.1 Å². The van der Waals surface area contributed by atoms with E-state index in [9.17, 15) is 5.11 Å². The van der Waals surface area contributed by atoms with Crippen LogP contribution in [0.5, 0.6) is 0 Å². The molecule has 0 unspecified atom stereocenters. The van der Waals surface area contributed by atoms with Crippen LogP contribution in [0.25, 0.3) is 0 Å². The number of hydrogen-bond acceptors (Lipinski definition) is 2. The third-order valence-electron chi connectivity index (χ3n) is 4.38. The molecule has 1 heterocycles. The summed E-state index contributed by atoms with van der Waals surface area (Å²) in [6, 6.07) is 6.39. The third-order valence-corrected chi connectivity index (χ3v) is 4.38. The molecule has 0 aromatic heterocycles. The zero-order valence-corrected chi connectivity index (χ0v) is 11.9. The summed E-state index contributed by atoms with van der Waals surface area (Å²) in [6.45, 7) is 9.63. The molecule has 1 aliphatic heterocycles. The van der Waals surface area contributed by atoms with E-state index in [1.807, 2.05) is 0 Å². The molecule has 0 aliphatic carbocycles. The Bertz CT molecular complexity index is 385. The highest BCUT2D eigenvalue weighted by atomic mass is 16.3. The predicted molar refractivity (Wildman–Crippen MR) is 75.9 cm³/mol. The first kappa shape index (κ1) is 13.6. The van der Waals surface area contributed by atoms with Gasteiger partial charge in [0.1, 0.15) is 0 Å². The van der Waals surface area contributed by atoms with Crippen LogP contribution in [-0.4, -0.2) is 35.2 Å². The van der Waals surface area contributed by atoms with E-state index < -0.39 is 5.60 Å². The van der Waals surface area contributed by atoms with E-state index in [0.29, 0.717) is 0 Å². The van der Waals surface area contributed by atoms with Crippen molar-refractivity contribution < 1.29 is 5.11 Å². The van der Waals surface area contributed by atoms with Gasteiger partial charge in [-0.25, -0.2) is 0 Å². The van der Waals surface area contributed by atoms with E-state index in [1.54, 1.807) is 0 Å². The largest absolute Gasteiger partial charge is 0.389 e. The smallest absolute Gasteiger partial charge is 0.0712 e. The molecular formula is C16H25NO. The van der Waals surface area contributed by atoms with E-state index in [2.05, 4.69) is 43.9 Å². The van der Waals surface area contributed by atoms with Gasteiger partial charge in [0.05, 0.1) is 5.60 Å². The summed E-state index contributed by atoms with van der Waals surface area (Å²) in [6.07, 6.45) is 2.60. The molecule has 1 saturated heterocycles. The first-order valence-electron chi connectivity index (χ1n) is 7.04. The molecule has 18 heavy (non-hydrogen) atoms. The number of nitrogens with zero attached hydrogens (tertiary/aromatic N) is 1. The SMILES string of the molecule is CCN1CCC(O)(Cc2c(C)cccc2C)CC1. The van der Waals surface area contributed by atoms with Gasteiger partial charge < -0.3 is 10.0 Å². The minimum absolute atomic E-state index is 0.497.